The first kappa shape index (κ1) is 14.6. The largest absolute Gasteiger partial charge is 0.450 e. The lowest BCUT2D eigenvalue weighted by molar-refractivity contribution is 0.0825. The molecule has 1 fully saturated rings. The molecule has 108 valence electrons. The Balaban J connectivity index is 1.72. The number of carbonyl (C=O) groups is 1. The molecule has 1 aliphatic heterocycles. The second-order valence-electron chi connectivity index (χ2n) is 4.80. The van der Waals surface area contributed by atoms with Crippen LogP contribution in [0.25, 0.3) is 6.08 Å². The van der Waals surface area contributed by atoms with Crippen LogP contribution in [0, 0.1) is 0 Å². The molecule has 0 spiro atoms. The molecule has 1 aromatic rings. The third kappa shape index (κ3) is 4.38. The van der Waals surface area contributed by atoms with Crippen LogP contribution in [-0.4, -0.2) is 55.2 Å². The maximum absolute atomic E-state index is 11.6. The van der Waals surface area contributed by atoms with Crippen molar-refractivity contribution in [1.82, 2.24) is 9.80 Å². The maximum atomic E-state index is 11.6. The van der Waals surface area contributed by atoms with Crippen LogP contribution in [0.15, 0.2) is 36.4 Å². The molecular weight excluding hydrogens is 252 g/mol. The highest BCUT2D eigenvalue weighted by atomic mass is 16.6. The highest BCUT2D eigenvalue weighted by molar-refractivity contribution is 5.67. The van der Waals surface area contributed by atoms with Crippen LogP contribution in [-0.2, 0) is 4.74 Å². The normalized spacial score (nSPS) is 16.6. The number of ether oxygens (including phenoxy) is 1. The lowest BCUT2D eigenvalue weighted by atomic mass is 10.2. The van der Waals surface area contributed by atoms with Crippen molar-refractivity contribution in [3.05, 3.63) is 42.0 Å². The van der Waals surface area contributed by atoms with Gasteiger partial charge in [0, 0.05) is 32.7 Å². The molecule has 0 saturated carbocycles. The molecular formula is C16H22N2O2. The highest BCUT2D eigenvalue weighted by Gasteiger charge is 2.20. The molecule has 0 bridgehead atoms. The van der Waals surface area contributed by atoms with E-state index < -0.39 is 0 Å². The van der Waals surface area contributed by atoms with Gasteiger partial charge in [-0.15, -0.1) is 0 Å². The third-order valence-corrected chi connectivity index (χ3v) is 3.37. The van der Waals surface area contributed by atoms with Crippen molar-refractivity contribution in [3.8, 4) is 0 Å². The number of benzene rings is 1. The Morgan fingerprint density at radius 2 is 1.90 bits per heavy atom. The van der Waals surface area contributed by atoms with Gasteiger partial charge in [0.25, 0.3) is 0 Å². The van der Waals surface area contributed by atoms with E-state index >= 15 is 0 Å². The van der Waals surface area contributed by atoms with Crippen molar-refractivity contribution >= 4 is 12.2 Å². The molecule has 4 heteroatoms. The average Bonchev–Trinajstić information content (AvgIpc) is 2.49. The third-order valence-electron chi connectivity index (χ3n) is 3.37. The fourth-order valence-electron chi connectivity index (χ4n) is 2.23. The van der Waals surface area contributed by atoms with Crippen molar-refractivity contribution in [3.63, 3.8) is 0 Å². The Morgan fingerprint density at radius 3 is 2.55 bits per heavy atom. The molecule has 0 unspecified atom stereocenters. The Labute approximate surface area is 120 Å². The Bertz CT molecular complexity index is 437. The first-order valence-electron chi connectivity index (χ1n) is 7.15. The Hall–Kier alpha value is -1.81. The van der Waals surface area contributed by atoms with E-state index in [1.54, 1.807) is 4.90 Å². The van der Waals surface area contributed by atoms with E-state index in [0.717, 1.165) is 32.7 Å². The maximum Gasteiger partial charge on any atom is 0.409 e. The number of piperazine rings is 1. The lowest BCUT2D eigenvalue weighted by Gasteiger charge is -2.33. The molecule has 1 aromatic carbocycles. The highest BCUT2D eigenvalue weighted by Crippen LogP contribution is 2.05. The van der Waals surface area contributed by atoms with Gasteiger partial charge in [0.15, 0.2) is 0 Å². The van der Waals surface area contributed by atoms with Gasteiger partial charge in [0.2, 0.25) is 0 Å². The SMILES string of the molecule is CCOC(=O)N1CCN(C/C=C\c2ccccc2)CC1. The summed E-state index contributed by atoms with van der Waals surface area (Å²) in [6.45, 7) is 6.50. The summed E-state index contributed by atoms with van der Waals surface area (Å²) >= 11 is 0. The molecule has 0 N–H and O–H groups in total. The van der Waals surface area contributed by atoms with Crippen LogP contribution < -0.4 is 0 Å². The van der Waals surface area contributed by atoms with E-state index in [1.807, 2.05) is 25.1 Å². The molecule has 4 nitrogen and oxygen atoms in total. The summed E-state index contributed by atoms with van der Waals surface area (Å²) in [5, 5.41) is 0. The summed E-state index contributed by atoms with van der Waals surface area (Å²) in [6.07, 6.45) is 4.12. The fourth-order valence-corrected chi connectivity index (χ4v) is 2.23. The van der Waals surface area contributed by atoms with E-state index in [1.165, 1.54) is 5.56 Å². The molecule has 1 amide bonds. The second-order valence-corrected chi connectivity index (χ2v) is 4.80. The number of hydrogen-bond acceptors (Lipinski definition) is 3. The van der Waals surface area contributed by atoms with Crippen molar-refractivity contribution in [1.29, 1.82) is 0 Å². The first-order valence-corrected chi connectivity index (χ1v) is 7.15. The van der Waals surface area contributed by atoms with Crippen LogP contribution in [0.4, 0.5) is 4.79 Å². The average molecular weight is 274 g/mol. The summed E-state index contributed by atoms with van der Waals surface area (Å²) < 4.78 is 5.01. The first-order chi connectivity index (χ1) is 9.79. The van der Waals surface area contributed by atoms with Gasteiger partial charge in [-0.05, 0) is 12.5 Å². The van der Waals surface area contributed by atoms with E-state index in [4.69, 9.17) is 4.74 Å². The van der Waals surface area contributed by atoms with Crippen LogP contribution in [0.1, 0.15) is 12.5 Å². The zero-order valence-electron chi connectivity index (χ0n) is 12.0. The molecule has 0 aromatic heterocycles. The monoisotopic (exact) mass is 274 g/mol. The van der Waals surface area contributed by atoms with Crippen molar-refractivity contribution in [2.24, 2.45) is 0 Å². The molecule has 1 heterocycles. The Kier molecular flexibility index (Phi) is 5.62. The van der Waals surface area contributed by atoms with Crippen LogP contribution in [0.2, 0.25) is 0 Å². The van der Waals surface area contributed by atoms with Crippen molar-refractivity contribution in [2.45, 2.75) is 6.92 Å². The quantitative estimate of drug-likeness (QED) is 0.845. The van der Waals surface area contributed by atoms with Gasteiger partial charge >= 0.3 is 6.09 Å². The molecule has 20 heavy (non-hydrogen) atoms. The topological polar surface area (TPSA) is 32.8 Å². The van der Waals surface area contributed by atoms with Gasteiger partial charge in [-0.25, -0.2) is 4.79 Å². The number of rotatable bonds is 4. The smallest absolute Gasteiger partial charge is 0.409 e. The Morgan fingerprint density at radius 1 is 1.20 bits per heavy atom. The molecule has 0 aliphatic carbocycles. The number of carbonyl (C=O) groups excluding carboxylic acids is 1. The summed E-state index contributed by atoms with van der Waals surface area (Å²) in [4.78, 5) is 15.7. The van der Waals surface area contributed by atoms with E-state index in [9.17, 15) is 4.79 Å². The molecule has 2 rings (SSSR count). The van der Waals surface area contributed by atoms with Crippen molar-refractivity contribution in [2.75, 3.05) is 39.3 Å². The van der Waals surface area contributed by atoms with E-state index in [0.29, 0.717) is 6.61 Å². The minimum Gasteiger partial charge on any atom is -0.450 e. The van der Waals surface area contributed by atoms with Gasteiger partial charge in [-0.3, -0.25) is 4.90 Å². The summed E-state index contributed by atoms with van der Waals surface area (Å²) in [5.41, 5.74) is 1.22. The van der Waals surface area contributed by atoms with Gasteiger partial charge in [0.05, 0.1) is 6.61 Å². The van der Waals surface area contributed by atoms with Gasteiger partial charge < -0.3 is 9.64 Å². The van der Waals surface area contributed by atoms with Crippen LogP contribution in [0.3, 0.4) is 0 Å². The van der Waals surface area contributed by atoms with Crippen molar-refractivity contribution < 1.29 is 9.53 Å². The molecule has 1 saturated heterocycles. The summed E-state index contributed by atoms with van der Waals surface area (Å²) in [5.74, 6) is 0. The second kappa shape index (κ2) is 7.70. The lowest BCUT2D eigenvalue weighted by Crippen LogP contribution is -2.48. The molecule has 1 aliphatic rings. The zero-order valence-corrected chi connectivity index (χ0v) is 12.0. The molecule has 0 atom stereocenters. The molecule has 0 radical (unpaired) electrons. The van der Waals surface area contributed by atoms with Gasteiger partial charge in [0.1, 0.15) is 0 Å². The predicted octanol–water partition coefficient (Wildman–Crippen LogP) is 2.47. The van der Waals surface area contributed by atoms with Crippen LogP contribution >= 0.6 is 0 Å². The summed E-state index contributed by atoms with van der Waals surface area (Å²) in [7, 11) is 0. The minimum absolute atomic E-state index is 0.188. The number of amides is 1. The fraction of sp³-hybridized carbons (Fsp3) is 0.438. The van der Waals surface area contributed by atoms with Crippen LogP contribution in [0.5, 0.6) is 0 Å². The zero-order chi connectivity index (χ0) is 14.2. The van der Waals surface area contributed by atoms with Gasteiger partial charge in [-0.1, -0.05) is 42.5 Å². The van der Waals surface area contributed by atoms with E-state index in [2.05, 4.69) is 29.2 Å². The van der Waals surface area contributed by atoms with E-state index in [-0.39, 0.29) is 6.09 Å². The number of nitrogens with zero attached hydrogens (tertiary/aromatic N) is 2. The van der Waals surface area contributed by atoms with Gasteiger partial charge in [-0.2, -0.15) is 0 Å². The number of hydrogen-bond donors (Lipinski definition) is 0. The standard InChI is InChI=1S/C16H22N2O2/c1-2-20-16(19)18-13-11-17(12-14-18)10-6-9-15-7-4-3-5-8-15/h3-9H,2,10-14H2,1H3/b9-6-. The predicted molar refractivity (Wildman–Crippen MR) is 80.5 cm³/mol. The minimum atomic E-state index is -0.188. The summed E-state index contributed by atoms with van der Waals surface area (Å²) in [6, 6.07) is 10.3.